The molecule has 1 aliphatic rings. The molecule has 0 saturated heterocycles. The van der Waals surface area contributed by atoms with Gasteiger partial charge in [0.25, 0.3) is 0 Å². The summed E-state index contributed by atoms with van der Waals surface area (Å²) in [5, 5.41) is 3.42. The second-order valence-electron chi connectivity index (χ2n) is 1.91. The third kappa shape index (κ3) is 1.84. The normalized spacial score (nSPS) is 15.0. The van der Waals surface area contributed by atoms with Gasteiger partial charge in [-0.2, -0.15) is 0 Å². The van der Waals surface area contributed by atoms with Gasteiger partial charge in [0, 0.05) is 11.5 Å². The van der Waals surface area contributed by atoms with Crippen LogP contribution in [0, 0.1) is 0 Å². The molecule has 0 bridgehead atoms. The maximum atomic E-state index is 7.99. The molecule has 0 unspecified atom stereocenters. The number of nitrogens with zero attached hydrogens (tertiary/aromatic N) is 4. The summed E-state index contributed by atoms with van der Waals surface area (Å²) >= 11 is 0. The SMILES string of the molecule is [N-]=[N+]=NCN1C=CC=CC1. The Balaban J connectivity index is 2.36. The van der Waals surface area contributed by atoms with E-state index in [9.17, 15) is 0 Å². The molecule has 4 heteroatoms. The van der Waals surface area contributed by atoms with Gasteiger partial charge in [-0.15, -0.1) is 0 Å². The van der Waals surface area contributed by atoms with Gasteiger partial charge in [0.1, 0.15) is 0 Å². The molecule has 0 aromatic rings. The monoisotopic (exact) mass is 136 g/mol. The first-order chi connectivity index (χ1) is 4.93. The fourth-order valence-electron chi connectivity index (χ4n) is 0.721. The van der Waals surface area contributed by atoms with Gasteiger partial charge >= 0.3 is 0 Å². The largest absolute Gasteiger partial charge is 0.368 e. The Hall–Kier alpha value is -1.41. The number of allylic oxidation sites excluding steroid dienone is 2. The number of rotatable bonds is 2. The first-order valence-corrected chi connectivity index (χ1v) is 3.02. The zero-order valence-corrected chi connectivity index (χ0v) is 5.51. The Morgan fingerprint density at radius 1 is 1.60 bits per heavy atom. The molecule has 10 heavy (non-hydrogen) atoms. The summed E-state index contributed by atoms with van der Waals surface area (Å²) in [6, 6.07) is 0. The second-order valence-corrected chi connectivity index (χ2v) is 1.91. The second kappa shape index (κ2) is 3.58. The highest BCUT2D eigenvalue weighted by Gasteiger charge is 1.94. The van der Waals surface area contributed by atoms with Crippen LogP contribution < -0.4 is 0 Å². The summed E-state index contributed by atoms with van der Waals surface area (Å²) in [5.41, 5.74) is 7.99. The molecule has 1 rings (SSSR count). The van der Waals surface area contributed by atoms with Gasteiger partial charge in [-0.25, -0.2) is 0 Å². The lowest BCUT2D eigenvalue weighted by Crippen LogP contribution is -2.18. The van der Waals surface area contributed by atoms with E-state index in [1.165, 1.54) is 0 Å². The molecule has 1 heterocycles. The zero-order chi connectivity index (χ0) is 7.23. The summed E-state index contributed by atoms with van der Waals surface area (Å²) < 4.78 is 0. The van der Waals surface area contributed by atoms with Crippen molar-refractivity contribution >= 4 is 0 Å². The number of hydrogen-bond donors (Lipinski definition) is 0. The molecule has 0 aromatic carbocycles. The van der Waals surface area contributed by atoms with Crippen LogP contribution in [0.3, 0.4) is 0 Å². The van der Waals surface area contributed by atoms with Crippen LogP contribution in [0.2, 0.25) is 0 Å². The summed E-state index contributed by atoms with van der Waals surface area (Å²) in [6.45, 7) is 1.24. The van der Waals surface area contributed by atoms with Crippen LogP contribution in [0.4, 0.5) is 0 Å². The van der Waals surface area contributed by atoms with E-state index in [1.54, 1.807) is 0 Å². The van der Waals surface area contributed by atoms with Crippen LogP contribution in [0.1, 0.15) is 0 Å². The Bertz CT molecular complexity index is 200. The minimum absolute atomic E-state index is 0.414. The average Bonchev–Trinajstić information content (AvgIpc) is 2.03. The van der Waals surface area contributed by atoms with Gasteiger partial charge in [-0.05, 0) is 17.8 Å². The molecule has 0 amide bonds. The highest BCUT2D eigenvalue weighted by molar-refractivity contribution is 5.08. The predicted molar refractivity (Wildman–Crippen MR) is 39.0 cm³/mol. The van der Waals surface area contributed by atoms with E-state index in [1.807, 2.05) is 29.3 Å². The van der Waals surface area contributed by atoms with Gasteiger partial charge in [0.05, 0.1) is 6.67 Å². The number of azide groups is 1. The Kier molecular flexibility index (Phi) is 2.40. The molecular formula is C6H8N4. The van der Waals surface area contributed by atoms with Gasteiger partial charge in [0.15, 0.2) is 0 Å². The molecule has 0 fully saturated rings. The lowest BCUT2D eigenvalue weighted by molar-refractivity contribution is 0.424. The molecule has 52 valence electrons. The average molecular weight is 136 g/mol. The Labute approximate surface area is 59.1 Å². The van der Waals surface area contributed by atoms with Gasteiger partial charge in [-0.3, -0.25) is 0 Å². The van der Waals surface area contributed by atoms with Crippen molar-refractivity contribution in [2.24, 2.45) is 5.11 Å². The lowest BCUT2D eigenvalue weighted by Gasteiger charge is -2.16. The van der Waals surface area contributed by atoms with Crippen LogP contribution >= 0.6 is 0 Å². The van der Waals surface area contributed by atoms with Crippen LogP contribution in [-0.4, -0.2) is 18.1 Å². The van der Waals surface area contributed by atoms with E-state index in [2.05, 4.69) is 10.0 Å². The van der Waals surface area contributed by atoms with Crippen LogP contribution in [0.15, 0.2) is 29.5 Å². The van der Waals surface area contributed by atoms with Crippen molar-refractivity contribution in [2.75, 3.05) is 13.2 Å². The summed E-state index contributed by atoms with van der Waals surface area (Å²) in [5.74, 6) is 0. The fourth-order valence-corrected chi connectivity index (χ4v) is 0.721. The quantitative estimate of drug-likeness (QED) is 0.323. The molecule has 0 saturated carbocycles. The van der Waals surface area contributed by atoms with Crippen molar-refractivity contribution in [3.8, 4) is 0 Å². The summed E-state index contributed by atoms with van der Waals surface area (Å²) in [6.07, 6.45) is 7.78. The van der Waals surface area contributed by atoms with Gasteiger partial charge in [0.2, 0.25) is 0 Å². The molecule has 0 spiro atoms. The summed E-state index contributed by atoms with van der Waals surface area (Å²) in [4.78, 5) is 4.57. The van der Waals surface area contributed by atoms with Crippen molar-refractivity contribution in [1.82, 2.24) is 4.90 Å². The van der Waals surface area contributed by atoms with Crippen molar-refractivity contribution in [2.45, 2.75) is 0 Å². The predicted octanol–water partition coefficient (Wildman–Crippen LogP) is 1.64. The molecule has 4 nitrogen and oxygen atoms in total. The smallest absolute Gasteiger partial charge is 0.0965 e. The lowest BCUT2D eigenvalue weighted by atomic mass is 10.4. The highest BCUT2D eigenvalue weighted by Crippen LogP contribution is 1.97. The Morgan fingerprint density at radius 2 is 2.50 bits per heavy atom. The standard InChI is InChI=1S/C6H8N4/c7-9-8-6-10-4-2-1-3-5-10/h1-4H,5-6H2. The maximum Gasteiger partial charge on any atom is 0.0965 e. The fraction of sp³-hybridized carbons (Fsp3) is 0.333. The van der Waals surface area contributed by atoms with Gasteiger partial charge < -0.3 is 4.90 Å². The molecular weight excluding hydrogens is 128 g/mol. The topological polar surface area (TPSA) is 52.0 Å². The molecule has 0 aliphatic carbocycles. The molecule has 0 aromatic heterocycles. The van der Waals surface area contributed by atoms with Crippen molar-refractivity contribution in [1.29, 1.82) is 0 Å². The van der Waals surface area contributed by atoms with Crippen LogP contribution in [0.25, 0.3) is 10.4 Å². The highest BCUT2D eigenvalue weighted by atomic mass is 15.3. The summed E-state index contributed by atoms with van der Waals surface area (Å²) in [7, 11) is 0. The van der Waals surface area contributed by atoms with Crippen molar-refractivity contribution in [3.05, 3.63) is 34.9 Å². The Morgan fingerprint density at radius 3 is 3.10 bits per heavy atom. The molecule has 0 radical (unpaired) electrons. The van der Waals surface area contributed by atoms with E-state index in [4.69, 9.17) is 5.53 Å². The van der Waals surface area contributed by atoms with Crippen molar-refractivity contribution in [3.63, 3.8) is 0 Å². The molecule has 0 atom stereocenters. The van der Waals surface area contributed by atoms with Gasteiger partial charge in [-0.1, -0.05) is 17.3 Å². The maximum absolute atomic E-state index is 7.99. The van der Waals surface area contributed by atoms with E-state index in [0.29, 0.717) is 6.67 Å². The zero-order valence-electron chi connectivity index (χ0n) is 5.51. The van der Waals surface area contributed by atoms with Crippen molar-refractivity contribution < 1.29 is 0 Å². The first kappa shape index (κ1) is 6.71. The minimum atomic E-state index is 0.414. The van der Waals surface area contributed by atoms with Crippen LogP contribution in [-0.2, 0) is 0 Å². The third-order valence-electron chi connectivity index (χ3n) is 1.19. The van der Waals surface area contributed by atoms with Crippen LogP contribution in [0.5, 0.6) is 0 Å². The van der Waals surface area contributed by atoms with E-state index in [0.717, 1.165) is 6.54 Å². The van der Waals surface area contributed by atoms with E-state index in [-0.39, 0.29) is 0 Å². The molecule has 0 N–H and O–H groups in total. The van der Waals surface area contributed by atoms with E-state index >= 15 is 0 Å². The number of hydrogen-bond acceptors (Lipinski definition) is 2. The molecule has 1 aliphatic heterocycles. The first-order valence-electron chi connectivity index (χ1n) is 3.02. The minimum Gasteiger partial charge on any atom is -0.368 e. The third-order valence-corrected chi connectivity index (χ3v) is 1.19. The van der Waals surface area contributed by atoms with E-state index < -0.39 is 0 Å².